The topological polar surface area (TPSA) is 105 Å². The van der Waals surface area contributed by atoms with Crippen LogP contribution in [0.25, 0.3) is 0 Å². The number of aliphatic hydroxyl groups is 1. The lowest BCUT2D eigenvalue weighted by Gasteiger charge is -2.28. The standard InChI is InChI=1S/C20H28N2O6/c1-20(2,3)28-19(26)21-15(12-23)17(24)22-11-7-10-16(22)18(25)27-13-14-8-5-4-6-9-14/h4-6,8-9,15-16,23H,7,10-13H2,1-3H3,(H,21,26)/t15-,16+/m1/s1. The van der Waals surface area contributed by atoms with Crippen molar-refractivity contribution < 1.29 is 29.0 Å². The fourth-order valence-corrected chi connectivity index (χ4v) is 2.94. The van der Waals surface area contributed by atoms with Crippen LogP contribution in [-0.2, 0) is 25.7 Å². The maximum atomic E-state index is 12.8. The van der Waals surface area contributed by atoms with E-state index >= 15 is 0 Å². The van der Waals surface area contributed by atoms with Crippen molar-refractivity contribution in [2.45, 2.75) is 57.9 Å². The first-order valence-corrected chi connectivity index (χ1v) is 9.32. The minimum absolute atomic E-state index is 0.123. The normalized spacial score (nSPS) is 17.7. The number of esters is 1. The Bertz CT molecular complexity index is 686. The molecule has 1 aromatic rings. The van der Waals surface area contributed by atoms with Gasteiger partial charge in [0, 0.05) is 6.54 Å². The van der Waals surface area contributed by atoms with Crippen molar-refractivity contribution in [2.24, 2.45) is 0 Å². The Morgan fingerprint density at radius 1 is 1.25 bits per heavy atom. The highest BCUT2D eigenvalue weighted by Crippen LogP contribution is 2.20. The van der Waals surface area contributed by atoms with E-state index in [1.807, 2.05) is 30.3 Å². The number of alkyl carbamates (subject to hydrolysis) is 1. The fraction of sp³-hybridized carbons (Fsp3) is 0.550. The molecule has 1 saturated heterocycles. The number of nitrogens with one attached hydrogen (secondary N) is 1. The predicted octanol–water partition coefficient (Wildman–Crippen LogP) is 1.61. The zero-order chi connectivity index (χ0) is 20.7. The number of hydrogen-bond donors (Lipinski definition) is 2. The van der Waals surface area contributed by atoms with Crippen LogP contribution in [0.1, 0.15) is 39.2 Å². The molecule has 0 spiro atoms. The minimum Gasteiger partial charge on any atom is -0.459 e. The molecular weight excluding hydrogens is 364 g/mol. The second kappa shape index (κ2) is 9.54. The highest BCUT2D eigenvalue weighted by molar-refractivity contribution is 5.90. The third kappa shape index (κ3) is 6.23. The van der Waals surface area contributed by atoms with E-state index in [0.717, 1.165) is 5.56 Å². The molecular formula is C20H28N2O6. The lowest BCUT2D eigenvalue weighted by Crippen LogP contribution is -2.54. The largest absolute Gasteiger partial charge is 0.459 e. The molecule has 154 valence electrons. The molecule has 0 aliphatic carbocycles. The molecule has 1 heterocycles. The summed E-state index contributed by atoms with van der Waals surface area (Å²) in [6, 6.07) is 7.35. The van der Waals surface area contributed by atoms with Gasteiger partial charge < -0.3 is 24.8 Å². The second-order valence-corrected chi connectivity index (χ2v) is 7.66. The van der Waals surface area contributed by atoms with E-state index in [1.165, 1.54) is 4.90 Å². The molecule has 0 radical (unpaired) electrons. The monoisotopic (exact) mass is 392 g/mol. The molecule has 28 heavy (non-hydrogen) atoms. The summed E-state index contributed by atoms with van der Waals surface area (Å²) in [5.41, 5.74) is 0.122. The molecule has 8 heteroatoms. The lowest BCUT2D eigenvalue weighted by molar-refractivity contribution is -0.155. The van der Waals surface area contributed by atoms with E-state index < -0.39 is 42.3 Å². The highest BCUT2D eigenvalue weighted by Gasteiger charge is 2.38. The van der Waals surface area contributed by atoms with E-state index in [-0.39, 0.29) is 6.61 Å². The molecule has 1 fully saturated rings. The molecule has 2 atom stereocenters. The maximum Gasteiger partial charge on any atom is 0.408 e. The first-order valence-electron chi connectivity index (χ1n) is 9.32. The Balaban J connectivity index is 1.96. The van der Waals surface area contributed by atoms with Crippen molar-refractivity contribution in [3.63, 3.8) is 0 Å². The number of amides is 2. The van der Waals surface area contributed by atoms with Gasteiger partial charge in [-0.1, -0.05) is 30.3 Å². The average Bonchev–Trinajstić information content (AvgIpc) is 3.13. The van der Waals surface area contributed by atoms with Crippen LogP contribution in [0, 0.1) is 0 Å². The van der Waals surface area contributed by atoms with Gasteiger partial charge in [-0.2, -0.15) is 0 Å². The summed E-state index contributed by atoms with van der Waals surface area (Å²) in [7, 11) is 0. The molecule has 2 amide bonds. The van der Waals surface area contributed by atoms with E-state index in [2.05, 4.69) is 5.32 Å². The molecule has 1 aromatic carbocycles. The Labute approximate surface area is 164 Å². The Morgan fingerprint density at radius 3 is 2.54 bits per heavy atom. The molecule has 0 aromatic heterocycles. The molecule has 0 unspecified atom stereocenters. The zero-order valence-electron chi connectivity index (χ0n) is 16.5. The molecule has 2 rings (SSSR count). The van der Waals surface area contributed by atoms with E-state index in [4.69, 9.17) is 9.47 Å². The van der Waals surface area contributed by atoms with Crippen molar-refractivity contribution in [1.29, 1.82) is 0 Å². The van der Waals surface area contributed by atoms with Gasteiger partial charge in [-0.15, -0.1) is 0 Å². The van der Waals surface area contributed by atoms with Gasteiger partial charge in [-0.05, 0) is 39.2 Å². The summed E-state index contributed by atoms with van der Waals surface area (Å²) < 4.78 is 10.5. The van der Waals surface area contributed by atoms with Crippen LogP contribution in [0.4, 0.5) is 4.79 Å². The number of rotatable bonds is 6. The van der Waals surface area contributed by atoms with Crippen LogP contribution in [0.2, 0.25) is 0 Å². The quantitative estimate of drug-likeness (QED) is 0.713. The highest BCUT2D eigenvalue weighted by atomic mass is 16.6. The van der Waals surface area contributed by atoms with Crippen molar-refractivity contribution in [2.75, 3.05) is 13.2 Å². The van der Waals surface area contributed by atoms with Crippen LogP contribution in [0.15, 0.2) is 30.3 Å². The molecule has 1 aliphatic heterocycles. The van der Waals surface area contributed by atoms with E-state index in [0.29, 0.717) is 19.4 Å². The van der Waals surface area contributed by atoms with Crippen molar-refractivity contribution in [3.05, 3.63) is 35.9 Å². The molecule has 2 N–H and O–H groups in total. The third-order valence-electron chi connectivity index (χ3n) is 4.20. The van der Waals surface area contributed by atoms with Gasteiger partial charge in [0.1, 0.15) is 24.3 Å². The van der Waals surface area contributed by atoms with E-state index in [9.17, 15) is 19.5 Å². The maximum absolute atomic E-state index is 12.8. The van der Waals surface area contributed by atoms with Gasteiger partial charge in [0.15, 0.2) is 0 Å². The number of carbonyl (C=O) groups is 3. The van der Waals surface area contributed by atoms with Crippen LogP contribution in [-0.4, -0.2) is 58.8 Å². The zero-order valence-corrected chi connectivity index (χ0v) is 16.5. The van der Waals surface area contributed by atoms with Crippen molar-refractivity contribution in [3.8, 4) is 0 Å². The molecule has 0 bridgehead atoms. The van der Waals surface area contributed by atoms with Gasteiger partial charge >= 0.3 is 12.1 Å². The number of benzene rings is 1. The minimum atomic E-state index is -1.18. The Hall–Kier alpha value is -2.61. The van der Waals surface area contributed by atoms with E-state index in [1.54, 1.807) is 20.8 Å². The number of carbonyl (C=O) groups excluding carboxylic acids is 3. The summed E-state index contributed by atoms with van der Waals surface area (Å²) in [6.07, 6.45) is 0.313. The summed E-state index contributed by atoms with van der Waals surface area (Å²) in [5, 5.41) is 11.9. The van der Waals surface area contributed by atoms with Gasteiger partial charge in [-0.3, -0.25) is 4.79 Å². The number of aliphatic hydroxyl groups excluding tert-OH is 1. The van der Waals surface area contributed by atoms with Crippen LogP contribution < -0.4 is 5.32 Å². The molecule has 8 nitrogen and oxygen atoms in total. The lowest BCUT2D eigenvalue weighted by atomic mass is 10.2. The molecule has 0 saturated carbocycles. The van der Waals surface area contributed by atoms with Crippen molar-refractivity contribution in [1.82, 2.24) is 10.2 Å². The third-order valence-corrected chi connectivity index (χ3v) is 4.20. The van der Waals surface area contributed by atoms with Gasteiger partial charge in [0.05, 0.1) is 6.61 Å². The summed E-state index contributed by atoms with van der Waals surface area (Å²) in [5.74, 6) is -1.03. The first-order chi connectivity index (χ1) is 13.2. The Kier molecular flexibility index (Phi) is 7.39. The fourth-order valence-electron chi connectivity index (χ4n) is 2.94. The van der Waals surface area contributed by atoms with Crippen LogP contribution in [0.3, 0.4) is 0 Å². The van der Waals surface area contributed by atoms with Crippen LogP contribution >= 0.6 is 0 Å². The Morgan fingerprint density at radius 2 is 1.93 bits per heavy atom. The number of nitrogens with zero attached hydrogens (tertiary/aromatic N) is 1. The summed E-state index contributed by atoms with van der Waals surface area (Å²) in [4.78, 5) is 38.5. The van der Waals surface area contributed by atoms with Gasteiger partial charge in [0.25, 0.3) is 0 Å². The first kappa shape index (κ1) is 21.7. The molecule has 1 aliphatic rings. The smallest absolute Gasteiger partial charge is 0.408 e. The van der Waals surface area contributed by atoms with Gasteiger partial charge in [-0.25, -0.2) is 9.59 Å². The number of likely N-dealkylation sites (tertiary alicyclic amines) is 1. The average molecular weight is 392 g/mol. The summed E-state index contributed by atoms with van der Waals surface area (Å²) >= 11 is 0. The SMILES string of the molecule is CC(C)(C)OC(=O)N[C@H](CO)C(=O)N1CCC[C@H]1C(=O)OCc1ccccc1. The van der Waals surface area contributed by atoms with Gasteiger partial charge in [0.2, 0.25) is 5.91 Å². The number of hydrogen-bond acceptors (Lipinski definition) is 6. The predicted molar refractivity (Wildman–Crippen MR) is 101 cm³/mol. The van der Waals surface area contributed by atoms with Crippen LogP contribution in [0.5, 0.6) is 0 Å². The van der Waals surface area contributed by atoms with Crippen molar-refractivity contribution >= 4 is 18.0 Å². The second-order valence-electron chi connectivity index (χ2n) is 7.66. The number of ether oxygens (including phenoxy) is 2. The summed E-state index contributed by atoms with van der Waals surface area (Å²) in [6.45, 7) is 4.97.